The van der Waals surface area contributed by atoms with Crippen LogP contribution in [0, 0.1) is 0 Å². The van der Waals surface area contributed by atoms with Crippen molar-refractivity contribution in [1.82, 2.24) is 0 Å². The summed E-state index contributed by atoms with van der Waals surface area (Å²) in [4.78, 5) is 0. The molecule has 0 fully saturated rings. The molecule has 0 atom stereocenters. The Labute approximate surface area is 145 Å². The number of rotatable bonds is 13. The van der Waals surface area contributed by atoms with E-state index in [9.17, 15) is 21.6 Å². The second kappa shape index (κ2) is 9.72. The molecule has 0 N–H and O–H groups in total. The van der Waals surface area contributed by atoms with E-state index in [1.54, 1.807) is 0 Å². The normalized spacial score (nSPS) is 15.2. The average molecular weight is 394 g/mol. The monoisotopic (exact) mass is 394 g/mol. The second-order valence-corrected chi connectivity index (χ2v) is 16.2. The molecule has 0 aliphatic carbocycles. The van der Waals surface area contributed by atoms with Crippen molar-refractivity contribution >= 4 is 16.9 Å². The zero-order chi connectivity index (χ0) is 18.9. The van der Waals surface area contributed by atoms with Crippen LogP contribution >= 0.6 is 6.83 Å². The summed E-state index contributed by atoms with van der Waals surface area (Å²) in [6.45, 7) is 3.46. The molecule has 0 rings (SSSR count). The van der Waals surface area contributed by atoms with Crippen LogP contribution < -0.4 is 0 Å². The molecule has 0 radical (unpaired) electrons. The van der Waals surface area contributed by atoms with Crippen molar-refractivity contribution in [2.45, 2.75) is 76.6 Å². The van der Waals surface area contributed by atoms with Gasteiger partial charge in [0.15, 0.2) is 0 Å². The van der Waals surface area contributed by atoms with Crippen LogP contribution in [0.1, 0.15) is 71.1 Å². The molecule has 8 heteroatoms. The van der Waals surface area contributed by atoms with E-state index < -0.39 is 22.5 Å². The van der Waals surface area contributed by atoms with Gasteiger partial charge in [0.1, 0.15) is 0 Å². The Morgan fingerprint density at radius 2 is 1.17 bits per heavy atom. The molecule has 0 unspecified atom stereocenters. The van der Waals surface area contributed by atoms with Gasteiger partial charge >= 0.3 is 145 Å². The summed E-state index contributed by atoms with van der Waals surface area (Å²) < 4.78 is 64.6. The summed E-state index contributed by atoms with van der Waals surface area (Å²) >= 11 is 0. The molecule has 0 aromatic carbocycles. The van der Waals surface area contributed by atoms with Gasteiger partial charge in [-0.1, -0.05) is 0 Å². The van der Waals surface area contributed by atoms with Crippen molar-refractivity contribution in [1.29, 1.82) is 0 Å². The van der Waals surface area contributed by atoms with Crippen LogP contribution in [-0.4, -0.2) is 40.1 Å². The van der Waals surface area contributed by atoms with Crippen LogP contribution in [0.3, 0.4) is 0 Å². The van der Waals surface area contributed by atoms with E-state index in [0.717, 1.165) is 19.3 Å². The van der Waals surface area contributed by atoms with Gasteiger partial charge in [-0.3, -0.25) is 0 Å². The van der Waals surface area contributed by atoms with Crippen LogP contribution in [0.15, 0.2) is 0 Å². The van der Waals surface area contributed by atoms with Gasteiger partial charge < -0.3 is 0 Å². The molecule has 0 aromatic rings. The van der Waals surface area contributed by atoms with Crippen molar-refractivity contribution in [2.24, 2.45) is 0 Å². The number of unbranched alkanes of at least 4 members (excludes halogenated alkanes) is 9. The van der Waals surface area contributed by atoms with Crippen molar-refractivity contribution in [3.8, 4) is 0 Å². The Morgan fingerprint density at radius 3 is 1.54 bits per heavy atom. The van der Waals surface area contributed by atoms with Gasteiger partial charge in [-0.05, 0) is 0 Å². The molecule has 0 heterocycles. The molecule has 0 saturated heterocycles. The van der Waals surface area contributed by atoms with Crippen molar-refractivity contribution in [3.05, 3.63) is 0 Å². The van der Waals surface area contributed by atoms with E-state index in [2.05, 4.69) is 10.9 Å². The zero-order valence-electron chi connectivity index (χ0n) is 15.5. The quantitative estimate of drug-likeness (QED) is 0.214. The molecular weight excluding hydrogens is 360 g/mol. The second-order valence-electron chi connectivity index (χ2n) is 7.85. The van der Waals surface area contributed by atoms with E-state index in [-0.39, 0.29) is 0 Å². The van der Waals surface area contributed by atoms with E-state index in [1.807, 2.05) is 0 Å². The predicted molar refractivity (Wildman–Crippen MR) is 97.5 cm³/mol. The SMILES string of the molecule is CCCCCCCCCCCCP(C)(C)(C)OS(=O)(=O)C(F)(F)F. The zero-order valence-corrected chi connectivity index (χ0v) is 17.2. The number of hydrogen-bond donors (Lipinski definition) is 0. The summed E-state index contributed by atoms with van der Waals surface area (Å²) in [6.07, 6.45) is 11.7. The molecule has 148 valence electrons. The predicted octanol–water partition coefficient (Wildman–Crippen LogP) is 6.13. The van der Waals surface area contributed by atoms with Crippen LogP contribution in [0.4, 0.5) is 13.2 Å². The fourth-order valence-corrected chi connectivity index (χ4v) is 7.43. The van der Waals surface area contributed by atoms with Gasteiger partial charge in [0.2, 0.25) is 0 Å². The van der Waals surface area contributed by atoms with E-state index in [1.165, 1.54) is 58.5 Å². The van der Waals surface area contributed by atoms with Gasteiger partial charge in [0.05, 0.1) is 0 Å². The summed E-state index contributed by atoms with van der Waals surface area (Å²) in [5, 5.41) is 0. The minimum atomic E-state index is -5.52. The van der Waals surface area contributed by atoms with Gasteiger partial charge in [0, 0.05) is 0 Å². The number of halogens is 3. The molecule has 3 nitrogen and oxygen atoms in total. The van der Waals surface area contributed by atoms with Crippen molar-refractivity contribution in [2.75, 3.05) is 26.2 Å². The topological polar surface area (TPSA) is 43.4 Å². The first kappa shape index (κ1) is 24.1. The third kappa shape index (κ3) is 10.9. The Hall–Kier alpha value is 0.130. The molecule has 0 aliphatic rings. The Bertz CT molecular complexity index is 453. The average Bonchev–Trinajstić information content (AvgIpc) is 2.37. The molecule has 0 amide bonds. The fraction of sp³-hybridized carbons (Fsp3) is 1.00. The number of alkyl halides is 3. The summed E-state index contributed by atoms with van der Waals surface area (Å²) in [5.74, 6) is 0. The van der Waals surface area contributed by atoms with E-state index in [0.29, 0.717) is 12.6 Å². The standard InChI is InChI=1S/C16H34F3O3PS/c1-5-6-7-8-9-10-11-12-13-14-15-23(2,3,4)22-24(20,21)16(17,18)19/h5-15H2,1-4H3. The molecule has 0 spiro atoms. The van der Waals surface area contributed by atoms with E-state index in [4.69, 9.17) is 0 Å². The third-order valence-corrected chi connectivity index (χ3v) is 9.33. The Balaban J connectivity index is 4.03. The minimum absolute atomic E-state index is 0.386. The molecule has 0 aliphatic heterocycles. The first-order chi connectivity index (χ1) is 10.8. The summed E-state index contributed by atoms with van der Waals surface area (Å²) in [6, 6.07) is 0. The van der Waals surface area contributed by atoms with Crippen LogP contribution in [0.25, 0.3) is 0 Å². The van der Waals surface area contributed by atoms with Gasteiger partial charge in [0.25, 0.3) is 0 Å². The Morgan fingerprint density at radius 1 is 0.792 bits per heavy atom. The van der Waals surface area contributed by atoms with Crippen LogP contribution in [-0.2, 0) is 14.1 Å². The molecule has 0 bridgehead atoms. The van der Waals surface area contributed by atoms with Crippen molar-refractivity contribution < 1.29 is 25.6 Å². The van der Waals surface area contributed by atoms with Gasteiger partial charge in [-0.2, -0.15) is 0 Å². The first-order valence-electron chi connectivity index (χ1n) is 8.82. The molecular formula is C16H34F3O3PS. The maximum atomic E-state index is 12.5. The Kier molecular flexibility index (Phi) is 9.78. The summed E-state index contributed by atoms with van der Waals surface area (Å²) in [7, 11) is -5.52. The third-order valence-electron chi connectivity index (χ3n) is 3.93. The van der Waals surface area contributed by atoms with Crippen LogP contribution in [0.5, 0.6) is 0 Å². The molecule has 0 aromatic heterocycles. The number of hydrogen-bond acceptors (Lipinski definition) is 3. The van der Waals surface area contributed by atoms with Gasteiger partial charge in [-0.25, -0.2) is 0 Å². The van der Waals surface area contributed by atoms with Crippen molar-refractivity contribution in [3.63, 3.8) is 0 Å². The maximum absolute atomic E-state index is 12.5. The molecule has 24 heavy (non-hydrogen) atoms. The first-order valence-corrected chi connectivity index (χ1v) is 13.9. The van der Waals surface area contributed by atoms with E-state index >= 15 is 0 Å². The summed E-state index contributed by atoms with van der Waals surface area (Å²) in [5.41, 5.74) is -5.35. The van der Waals surface area contributed by atoms with Crippen LogP contribution in [0.2, 0.25) is 0 Å². The fourth-order valence-electron chi connectivity index (χ4n) is 2.58. The molecule has 0 saturated carbocycles. The van der Waals surface area contributed by atoms with Gasteiger partial charge in [-0.15, -0.1) is 0 Å².